The fraction of sp³-hybridized carbons (Fsp3) is 0.667. The molecule has 3 rings (SSSR count). The maximum absolute atomic E-state index is 12.7. The van der Waals surface area contributed by atoms with Crippen molar-refractivity contribution < 1.29 is 9.59 Å². The molecular weight excluding hydrogens is 282 g/mol. The molecule has 0 aromatic carbocycles. The van der Waals surface area contributed by atoms with Crippen LogP contribution in [0, 0.1) is 0 Å². The van der Waals surface area contributed by atoms with Gasteiger partial charge < -0.3 is 15.2 Å². The highest BCUT2D eigenvalue weighted by Gasteiger charge is 2.46. The largest absolute Gasteiger partial charge is 0.358 e. The van der Waals surface area contributed by atoms with E-state index in [1.54, 1.807) is 20.4 Å². The molecule has 1 aliphatic carbocycles. The molecule has 1 saturated carbocycles. The molecule has 120 valence electrons. The van der Waals surface area contributed by atoms with Crippen molar-refractivity contribution in [2.24, 2.45) is 0 Å². The standard InChI is InChI=1S/C15H23N5O2/c1-16-12(21)8-20(2)14(22)11-7-10-13(18-9-17-10)15(19-11)5-3-4-6-15/h9,11,19H,3-8H2,1-2H3,(H,16,21)(H,17,18)/t11-/m0/s1. The number of rotatable bonds is 3. The number of likely N-dealkylation sites (N-methyl/N-ethyl adjacent to an activating group) is 2. The van der Waals surface area contributed by atoms with Gasteiger partial charge in [0.25, 0.3) is 0 Å². The summed E-state index contributed by atoms with van der Waals surface area (Å²) >= 11 is 0. The van der Waals surface area contributed by atoms with Gasteiger partial charge in [0.2, 0.25) is 11.8 Å². The summed E-state index contributed by atoms with van der Waals surface area (Å²) in [7, 11) is 3.24. The summed E-state index contributed by atoms with van der Waals surface area (Å²) in [4.78, 5) is 33.3. The van der Waals surface area contributed by atoms with Gasteiger partial charge in [-0.1, -0.05) is 12.8 Å². The quantitative estimate of drug-likeness (QED) is 0.727. The number of H-pyrrole nitrogens is 1. The van der Waals surface area contributed by atoms with E-state index < -0.39 is 0 Å². The molecule has 2 aliphatic rings. The molecule has 2 heterocycles. The first-order chi connectivity index (χ1) is 10.6. The predicted octanol–water partition coefficient (Wildman–Crippen LogP) is -0.102. The second-order valence-electron chi connectivity index (χ2n) is 6.29. The molecule has 1 fully saturated rings. The first kappa shape index (κ1) is 15.0. The van der Waals surface area contributed by atoms with Gasteiger partial charge in [-0.15, -0.1) is 0 Å². The molecule has 2 amide bonds. The number of aromatic nitrogens is 2. The minimum atomic E-state index is -0.305. The zero-order valence-corrected chi connectivity index (χ0v) is 13.1. The van der Waals surface area contributed by atoms with Crippen LogP contribution in [0.25, 0.3) is 0 Å². The van der Waals surface area contributed by atoms with Gasteiger partial charge in [-0.25, -0.2) is 4.98 Å². The summed E-state index contributed by atoms with van der Waals surface area (Å²) in [6, 6.07) is -0.305. The second kappa shape index (κ2) is 5.72. The van der Waals surface area contributed by atoms with E-state index in [2.05, 4.69) is 20.6 Å². The third kappa shape index (κ3) is 2.49. The minimum Gasteiger partial charge on any atom is -0.358 e. The normalized spacial score (nSPS) is 22.4. The first-order valence-electron chi connectivity index (χ1n) is 7.82. The number of carbonyl (C=O) groups is 2. The number of fused-ring (bicyclic) bond motifs is 2. The van der Waals surface area contributed by atoms with Crippen LogP contribution in [0.2, 0.25) is 0 Å². The van der Waals surface area contributed by atoms with Crippen LogP contribution in [-0.4, -0.2) is 53.4 Å². The Morgan fingerprint density at radius 1 is 1.45 bits per heavy atom. The highest BCUT2D eigenvalue weighted by Crippen LogP contribution is 2.42. The van der Waals surface area contributed by atoms with Gasteiger partial charge in [-0.05, 0) is 12.8 Å². The van der Waals surface area contributed by atoms with E-state index in [1.165, 1.54) is 4.90 Å². The van der Waals surface area contributed by atoms with Gasteiger partial charge in [0.1, 0.15) is 0 Å². The minimum absolute atomic E-state index is 0.0462. The lowest BCUT2D eigenvalue weighted by Gasteiger charge is -2.39. The Balaban J connectivity index is 1.79. The number of hydrogen-bond donors (Lipinski definition) is 3. The van der Waals surface area contributed by atoms with E-state index in [0.29, 0.717) is 6.42 Å². The molecule has 22 heavy (non-hydrogen) atoms. The summed E-state index contributed by atoms with van der Waals surface area (Å²) in [5.74, 6) is -0.209. The molecule has 1 aliphatic heterocycles. The number of nitrogens with one attached hydrogen (secondary N) is 3. The Morgan fingerprint density at radius 2 is 2.18 bits per heavy atom. The summed E-state index contributed by atoms with van der Waals surface area (Å²) in [6.07, 6.45) is 6.62. The second-order valence-corrected chi connectivity index (χ2v) is 6.29. The van der Waals surface area contributed by atoms with Gasteiger partial charge in [-0.3, -0.25) is 14.9 Å². The molecule has 0 radical (unpaired) electrons. The highest BCUT2D eigenvalue weighted by molar-refractivity contribution is 5.87. The van der Waals surface area contributed by atoms with Crippen LogP contribution < -0.4 is 10.6 Å². The topological polar surface area (TPSA) is 90.1 Å². The molecule has 7 nitrogen and oxygen atoms in total. The van der Waals surface area contributed by atoms with Crippen LogP contribution in [-0.2, 0) is 21.5 Å². The molecule has 0 bridgehead atoms. The molecule has 0 saturated heterocycles. The number of amides is 2. The monoisotopic (exact) mass is 305 g/mol. The molecule has 1 aromatic heterocycles. The van der Waals surface area contributed by atoms with Gasteiger partial charge in [0, 0.05) is 26.2 Å². The fourth-order valence-electron chi connectivity index (χ4n) is 3.69. The van der Waals surface area contributed by atoms with Crippen LogP contribution in [0.3, 0.4) is 0 Å². The van der Waals surface area contributed by atoms with E-state index in [9.17, 15) is 9.59 Å². The van der Waals surface area contributed by atoms with E-state index >= 15 is 0 Å². The van der Waals surface area contributed by atoms with Crippen LogP contribution in [0.4, 0.5) is 0 Å². The maximum atomic E-state index is 12.7. The first-order valence-corrected chi connectivity index (χ1v) is 7.82. The molecule has 1 atom stereocenters. The smallest absolute Gasteiger partial charge is 0.240 e. The van der Waals surface area contributed by atoms with Crippen molar-refractivity contribution in [3.63, 3.8) is 0 Å². The Hall–Kier alpha value is -1.89. The molecule has 7 heteroatoms. The Labute approximate surface area is 129 Å². The molecule has 1 aromatic rings. The van der Waals surface area contributed by atoms with Crippen molar-refractivity contribution in [3.8, 4) is 0 Å². The average molecular weight is 305 g/mol. The number of carbonyl (C=O) groups excluding carboxylic acids is 2. The average Bonchev–Trinajstić information content (AvgIpc) is 3.16. The third-order valence-corrected chi connectivity index (χ3v) is 4.82. The summed E-state index contributed by atoms with van der Waals surface area (Å²) in [5.41, 5.74) is 1.94. The molecule has 3 N–H and O–H groups in total. The van der Waals surface area contributed by atoms with Crippen LogP contribution in [0.5, 0.6) is 0 Å². The summed E-state index contributed by atoms with van der Waals surface area (Å²) in [6.45, 7) is 0.0797. The van der Waals surface area contributed by atoms with E-state index in [4.69, 9.17) is 0 Å². The number of hydrogen-bond acceptors (Lipinski definition) is 4. The number of nitrogens with zero attached hydrogens (tertiary/aromatic N) is 2. The molecule has 1 spiro atoms. The van der Waals surface area contributed by atoms with Crippen LogP contribution >= 0.6 is 0 Å². The van der Waals surface area contributed by atoms with Gasteiger partial charge in [0.15, 0.2) is 0 Å². The van der Waals surface area contributed by atoms with E-state index in [-0.39, 0.29) is 29.9 Å². The van der Waals surface area contributed by atoms with Crippen molar-refractivity contribution in [2.75, 3.05) is 20.6 Å². The van der Waals surface area contributed by atoms with Crippen molar-refractivity contribution >= 4 is 11.8 Å². The maximum Gasteiger partial charge on any atom is 0.240 e. The van der Waals surface area contributed by atoms with Crippen molar-refractivity contribution in [3.05, 3.63) is 17.7 Å². The lowest BCUT2D eigenvalue weighted by atomic mass is 9.84. The van der Waals surface area contributed by atoms with E-state index in [0.717, 1.165) is 37.1 Å². The Morgan fingerprint density at radius 3 is 2.86 bits per heavy atom. The van der Waals surface area contributed by atoms with Crippen molar-refractivity contribution in [1.82, 2.24) is 25.5 Å². The van der Waals surface area contributed by atoms with E-state index in [1.807, 2.05) is 0 Å². The molecular formula is C15H23N5O2. The lowest BCUT2D eigenvalue weighted by molar-refractivity contribution is -0.137. The van der Waals surface area contributed by atoms with Crippen molar-refractivity contribution in [1.29, 1.82) is 0 Å². The van der Waals surface area contributed by atoms with Gasteiger partial charge >= 0.3 is 0 Å². The van der Waals surface area contributed by atoms with Crippen molar-refractivity contribution in [2.45, 2.75) is 43.7 Å². The molecule has 0 unspecified atom stereocenters. The zero-order chi connectivity index (χ0) is 15.7. The third-order valence-electron chi connectivity index (χ3n) is 4.82. The predicted molar refractivity (Wildman–Crippen MR) is 81.1 cm³/mol. The zero-order valence-electron chi connectivity index (χ0n) is 13.1. The summed E-state index contributed by atoms with van der Waals surface area (Å²) < 4.78 is 0. The Kier molecular flexibility index (Phi) is 3.90. The van der Waals surface area contributed by atoms with Crippen LogP contribution in [0.1, 0.15) is 37.1 Å². The van der Waals surface area contributed by atoms with Gasteiger partial charge in [0.05, 0.1) is 30.1 Å². The fourth-order valence-corrected chi connectivity index (χ4v) is 3.69. The lowest BCUT2D eigenvalue weighted by Crippen LogP contribution is -2.58. The SMILES string of the molecule is CNC(=O)CN(C)C(=O)[C@@H]1Cc2[nH]cnc2C2(CCCC2)N1. The highest BCUT2D eigenvalue weighted by atomic mass is 16.2. The van der Waals surface area contributed by atoms with Crippen LogP contribution in [0.15, 0.2) is 6.33 Å². The number of aromatic amines is 1. The van der Waals surface area contributed by atoms with Gasteiger partial charge in [-0.2, -0.15) is 0 Å². The summed E-state index contributed by atoms with van der Waals surface area (Å²) in [5, 5.41) is 6.08. The number of imidazole rings is 1. The Bertz CT molecular complexity index is 576.